The fourth-order valence-corrected chi connectivity index (χ4v) is 4.12. The molecule has 0 spiro atoms. The molecule has 2 aliphatic rings. The van der Waals surface area contributed by atoms with E-state index >= 15 is 0 Å². The van der Waals surface area contributed by atoms with Crippen LogP contribution >= 0.6 is 0 Å². The highest BCUT2D eigenvalue weighted by Gasteiger charge is 2.39. The first-order valence-electron chi connectivity index (χ1n) is 9.16. The minimum atomic E-state index is -0.585. The molecule has 2 heterocycles. The van der Waals surface area contributed by atoms with E-state index in [1.807, 2.05) is 18.2 Å². The predicted molar refractivity (Wildman–Crippen MR) is 106 cm³/mol. The molecule has 27 heavy (non-hydrogen) atoms. The van der Waals surface area contributed by atoms with Gasteiger partial charge in [-0.05, 0) is 60.7 Å². The van der Waals surface area contributed by atoms with Crippen molar-refractivity contribution in [2.45, 2.75) is 31.3 Å². The van der Waals surface area contributed by atoms with Gasteiger partial charge in [0.15, 0.2) is 5.82 Å². The third-order valence-corrected chi connectivity index (χ3v) is 5.43. The molecule has 0 radical (unpaired) electrons. The van der Waals surface area contributed by atoms with Crippen molar-refractivity contribution in [3.05, 3.63) is 71.1 Å². The van der Waals surface area contributed by atoms with Gasteiger partial charge in [0.1, 0.15) is 5.66 Å². The first-order valence-corrected chi connectivity index (χ1v) is 9.16. The molecule has 1 aliphatic heterocycles. The Morgan fingerprint density at radius 3 is 3.00 bits per heavy atom. The zero-order chi connectivity index (χ0) is 18.4. The van der Waals surface area contributed by atoms with Crippen molar-refractivity contribution in [3.63, 3.8) is 0 Å². The Balaban J connectivity index is 1.41. The van der Waals surface area contributed by atoms with Gasteiger partial charge in [-0.15, -0.1) is 0 Å². The summed E-state index contributed by atoms with van der Waals surface area (Å²) in [5.41, 5.74) is 12.0. The predicted octanol–water partition coefficient (Wildman–Crippen LogP) is 3.95. The van der Waals surface area contributed by atoms with Crippen molar-refractivity contribution >= 4 is 23.5 Å². The van der Waals surface area contributed by atoms with E-state index in [-0.39, 0.29) is 5.92 Å². The fraction of sp³-hybridized carbons (Fsp3) is 0.238. The highest BCUT2D eigenvalue weighted by Crippen LogP contribution is 2.43. The van der Waals surface area contributed by atoms with Crippen molar-refractivity contribution in [2.75, 3.05) is 10.6 Å². The molecule has 0 bridgehead atoms. The fourth-order valence-electron chi connectivity index (χ4n) is 4.12. The summed E-state index contributed by atoms with van der Waals surface area (Å²) in [5.74, 6) is 0.860. The van der Waals surface area contributed by atoms with Crippen LogP contribution in [-0.2, 0) is 6.42 Å². The van der Waals surface area contributed by atoms with Crippen LogP contribution in [0.2, 0.25) is 0 Å². The molecule has 0 saturated heterocycles. The zero-order valence-corrected chi connectivity index (χ0v) is 15.1. The average Bonchev–Trinajstić information content (AvgIpc) is 3.28. The maximum absolute atomic E-state index is 6.81. The Kier molecular flexibility index (Phi) is 3.55. The van der Waals surface area contributed by atoms with Gasteiger partial charge in [0.05, 0.1) is 0 Å². The smallest absolute Gasteiger partial charge is 0.325 e. The van der Waals surface area contributed by atoms with Crippen LogP contribution in [0.1, 0.15) is 34.9 Å². The molecule has 2 atom stereocenters. The molecule has 0 fully saturated rings. The van der Waals surface area contributed by atoms with E-state index in [4.69, 9.17) is 10.3 Å². The molecular weight excluding hydrogens is 338 g/mol. The van der Waals surface area contributed by atoms with Crippen LogP contribution in [0, 0.1) is 6.92 Å². The van der Waals surface area contributed by atoms with Crippen LogP contribution < -0.4 is 16.4 Å². The number of hydrogen-bond donors (Lipinski definition) is 3. The van der Waals surface area contributed by atoms with E-state index in [2.05, 4.69) is 57.2 Å². The number of hydrogen-bond acceptors (Lipinski definition) is 6. The molecule has 136 valence electrons. The maximum atomic E-state index is 6.81. The molecule has 1 aromatic heterocycles. The van der Waals surface area contributed by atoms with Crippen LogP contribution in [-0.4, -0.2) is 15.8 Å². The SMILES string of the molecule is Cc1noc(Nc2ccc3c(c2)C=C[C@](N)(C2CCc4ccccc42)N3)n1. The van der Waals surface area contributed by atoms with Crippen LogP contribution in [0.15, 0.2) is 53.1 Å². The summed E-state index contributed by atoms with van der Waals surface area (Å²) in [4.78, 5) is 4.17. The van der Waals surface area contributed by atoms with E-state index in [0.717, 1.165) is 29.8 Å². The Hall–Kier alpha value is -3.12. The Bertz CT molecular complexity index is 1040. The van der Waals surface area contributed by atoms with Crippen molar-refractivity contribution in [2.24, 2.45) is 5.73 Å². The van der Waals surface area contributed by atoms with Crippen molar-refractivity contribution < 1.29 is 4.52 Å². The number of nitrogens with one attached hydrogen (secondary N) is 2. The first-order chi connectivity index (χ1) is 13.1. The minimum Gasteiger partial charge on any atom is -0.363 e. The topological polar surface area (TPSA) is 89.0 Å². The normalized spacial score (nSPS) is 22.8. The Morgan fingerprint density at radius 1 is 1.26 bits per heavy atom. The molecule has 4 N–H and O–H groups in total. The van der Waals surface area contributed by atoms with Crippen molar-refractivity contribution in [1.29, 1.82) is 0 Å². The van der Waals surface area contributed by atoms with E-state index in [1.54, 1.807) is 6.92 Å². The Labute approximate surface area is 157 Å². The lowest BCUT2D eigenvalue weighted by Crippen LogP contribution is -2.51. The summed E-state index contributed by atoms with van der Waals surface area (Å²) < 4.78 is 5.12. The van der Waals surface area contributed by atoms with Gasteiger partial charge < -0.3 is 20.9 Å². The second-order valence-electron chi connectivity index (χ2n) is 7.26. The summed E-state index contributed by atoms with van der Waals surface area (Å²) in [6.45, 7) is 1.79. The minimum absolute atomic E-state index is 0.261. The number of nitrogens with zero attached hydrogens (tertiary/aromatic N) is 2. The largest absolute Gasteiger partial charge is 0.363 e. The van der Waals surface area contributed by atoms with Gasteiger partial charge in [0.2, 0.25) is 0 Å². The maximum Gasteiger partial charge on any atom is 0.325 e. The number of fused-ring (bicyclic) bond motifs is 2. The number of benzene rings is 2. The molecule has 6 heteroatoms. The molecular formula is C21H21N5O. The first kappa shape index (κ1) is 16.1. The third kappa shape index (κ3) is 2.78. The van der Waals surface area contributed by atoms with E-state index in [9.17, 15) is 0 Å². The molecule has 2 aromatic carbocycles. The van der Waals surface area contributed by atoms with Crippen LogP contribution in [0.25, 0.3) is 6.08 Å². The zero-order valence-electron chi connectivity index (χ0n) is 15.1. The molecule has 3 aromatic rings. The van der Waals surface area contributed by atoms with Gasteiger partial charge in [-0.2, -0.15) is 4.98 Å². The van der Waals surface area contributed by atoms with Gasteiger partial charge in [-0.1, -0.05) is 35.5 Å². The average molecular weight is 359 g/mol. The van der Waals surface area contributed by atoms with Crippen molar-refractivity contribution in [1.82, 2.24) is 10.1 Å². The summed E-state index contributed by atoms with van der Waals surface area (Å²) >= 11 is 0. The molecule has 0 saturated carbocycles. The standard InChI is InChI=1S/C21H21N5O/c1-13-23-20(27-26-13)24-16-7-9-19-15(12-16)10-11-21(22,25-19)18-8-6-14-4-2-3-5-17(14)18/h2-5,7,9-12,18,25H,6,8,22H2,1H3,(H,23,24,26)/t18?,21-/m1/s1. The molecule has 0 amide bonds. The second kappa shape index (κ2) is 5.96. The lowest BCUT2D eigenvalue weighted by atomic mass is 9.84. The number of rotatable bonds is 3. The van der Waals surface area contributed by atoms with Crippen LogP contribution in [0.4, 0.5) is 17.4 Å². The number of aryl methyl sites for hydroxylation is 2. The van der Waals surface area contributed by atoms with Gasteiger partial charge in [-0.3, -0.25) is 0 Å². The monoisotopic (exact) mass is 359 g/mol. The van der Waals surface area contributed by atoms with Crippen LogP contribution in [0.3, 0.4) is 0 Å². The molecule has 6 nitrogen and oxygen atoms in total. The number of anilines is 3. The van der Waals surface area contributed by atoms with E-state index in [1.165, 1.54) is 11.1 Å². The van der Waals surface area contributed by atoms with E-state index in [0.29, 0.717) is 11.8 Å². The summed E-state index contributed by atoms with van der Waals surface area (Å²) in [6, 6.07) is 15.0. The number of nitrogens with two attached hydrogens (primary N) is 1. The molecule has 1 aliphatic carbocycles. The van der Waals surface area contributed by atoms with Gasteiger partial charge in [-0.25, -0.2) is 0 Å². The highest BCUT2D eigenvalue weighted by molar-refractivity contribution is 5.76. The summed E-state index contributed by atoms with van der Waals surface area (Å²) in [7, 11) is 0. The Morgan fingerprint density at radius 2 is 2.15 bits per heavy atom. The summed E-state index contributed by atoms with van der Waals surface area (Å²) in [5, 5.41) is 10.5. The quantitative estimate of drug-likeness (QED) is 0.656. The van der Waals surface area contributed by atoms with E-state index < -0.39 is 5.66 Å². The van der Waals surface area contributed by atoms with Gasteiger partial charge in [0, 0.05) is 17.3 Å². The van der Waals surface area contributed by atoms with Gasteiger partial charge >= 0.3 is 6.01 Å². The lowest BCUT2D eigenvalue weighted by molar-refractivity contribution is 0.428. The number of aromatic nitrogens is 2. The van der Waals surface area contributed by atoms with Crippen LogP contribution in [0.5, 0.6) is 0 Å². The highest BCUT2D eigenvalue weighted by atomic mass is 16.5. The van der Waals surface area contributed by atoms with Gasteiger partial charge in [0.25, 0.3) is 0 Å². The lowest BCUT2D eigenvalue weighted by Gasteiger charge is -2.38. The third-order valence-electron chi connectivity index (χ3n) is 5.43. The molecule has 1 unspecified atom stereocenters. The summed E-state index contributed by atoms with van der Waals surface area (Å²) in [6.07, 6.45) is 6.31. The second-order valence-corrected chi connectivity index (χ2v) is 7.26. The molecule has 5 rings (SSSR count). The van der Waals surface area contributed by atoms with Crippen molar-refractivity contribution in [3.8, 4) is 0 Å².